The van der Waals surface area contributed by atoms with Crippen LogP contribution in [0.2, 0.25) is 0 Å². The number of carbonyl (C=O) groups excluding carboxylic acids is 1. The Balaban J connectivity index is 1.80. The van der Waals surface area contributed by atoms with Crippen LogP contribution in [0.1, 0.15) is 19.8 Å². The number of hydrogen-bond acceptors (Lipinski definition) is 6. The van der Waals surface area contributed by atoms with Gasteiger partial charge in [-0.2, -0.15) is 0 Å². The molecule has 168 valence electrons. The molecule has 2 aromatic rings. The number of hydrogen-bond donors (Lipinski definition) is 1. The third-order valence-corrected chi connectivity index (χ3v) is 6.56. The molecule has 1 saturated heterocycles. The highest BCUT2D eigenvalue weighted by atomic mass is 32.2. The Morgan fingerprint density at radius 2 is 1.65 bits per heavy atom. The maximum Gasteiger partial charge on any atom is 0.247 e. The van der Waals surface area contributed by atoms with Gasteiger partial charge in [0.25, 0.3) is 0 Å². The number of methoxy groups -OCH3 is 2. The standard InChI is InChI=1S/C22H29N3O5S/c1-16(22(26)23-17-7-9-18(10-8-17)24-13-5-6-14-24)25(31(4,27)28)19-11-12-20(29-2)21(15-19)30-3/h7-12,15-16H,5-6,13-14H2,1-4H3,(H,23,26)/t16-/m0/s1. The van der Waals surface area contributed by atoms with Gasteiger partial charge in [0.2, 0.25) is 15.9 Å². The molecule has 1 fully saturated rings. The number of anilines is 3. The molecule has 0 spiro atoms. The van der Waals surface area contributed by atoms with Gasteiger partial charge >= 0.3 is 0 Å². The van der Waals surface area contributed by atoms with Gasteiger partial charge in [-0.05, 0) is 56.2 Å². The van der Waals surface area contributed by atoms with Gasteiger partial charge in [-0.25, -0.2) is 8.42 Å². The summed E-state index contributed by atoms with van der Waals surface area (Å²) in [5, 5.41) is 2.81. The number of ether oxygens (including phenoxy) is 2. The van der Waals surface area contributed by atoms with E-state index < -0.39 is 22.0 Å². The minimum absolute atomic E-state index is 0.312. The number of carbonyl (C=O) groups is 1. The Bertz CT molecular complexity index is 1020. The number of benzene rings is 2. The first kappa shape index (κ1) is 22.7. The number of nitrogens with zero attached hydrogens (tertiary/aromatic N) is 2. The molecule has 0 unspecified atom stereocenters. The molecule has 1 N–H and O–H groups in total. The molecule has 1 amide bonds. The zero-order chi connectivity index (χ0) is 22.6. The summed E-state index contributed by atoms with van der Waals surface area (Å²) in [5.74, 6) is 0.405. The van der Waals surface area contributed by atoms with Gasteiger partial charge in [0.05, 0.1) is 26.2 Å². The Morgan fingerprint density at radius 1 is 1.03 bits per heavy atom. The monoisotopic (exact) mass is 447 g/mol. The van der Waals surface area contributed by atoms with Gasteiger partial charge in [-0.1, -0.05) is 0 Å². The summed E-state index contributed by atoms with van der Waals surface area (Å²) >= 11 is 0. The highest BCUT2D eigenvalue weighted by molar-refractivity contribution is 7.92. The van der Waals surface area contributed by atoms with Gasteiger partial charge in [0.1, 0.15) is 6.04 Å². The second kappa shape index (κ2) is 9.47. The van der Waals surface area contributed by atoms with E-state index in [1.165, 1.54) is 33.1 Å². The molecular formula is C22H29N3O5S. The molecule has 0 aromatic heterocycles. The fraction of sp³-hybridized carbons (Fsp3) is 0.409. The van der Waals surface area contributed by atoms with Gasteiger partial charge in [0, 0.05) is 30.5 Å². The minimum Gasteiger partial charge on any atom is -0.493 e. The fourth-order valence-electron chi connectivity index (χ4n) is 3.75. The summed E-state index contributed by atoms with van der Waals surface area (Å²) in [6.07, 6.45) is 3.44. The Morgan fingerprint density at radius 3 is 2.19 bits per heavy atom. The molecule has 8 nitrogen and oxygen atoms in total. The topological polar surface area (TPSA) is 88.2 Å². The van der Waals surface area contributed by atoms with Crippen molar-refractivity contribution in [2.24, 2.45) is 0 Å². The first-order chi connectivity index (χ1) is 14.7. The van der Waals surface area contributed by atoms with Crippen LogP contribution >= 0.6 is 0 Å². The maximum atomic E-state index is 12.9. The van der Waals surface area contributed by atoms with E-state index in [1.54, 1.807) is 19.1 Å². The highest BCUT2D eigenvalue weighted by Crippen LogP contribution is 2.33. The molecule has 3 rings (SSSR count). The van der Waals surface area contributed by atoms with Crippen molar-refractivity contribution in [2.45, 2.75) is 25.8 Å². The van der Waals surface area contributed by atoms with Crippen LogP contribution < -0.4 is 24.0 Å². The van der Waals surface area contributed by atoms with Crippen molar-refractivity contribution in [3.05, 3.63) is 42.5 Å². The number of nitrogens with one attached hydrogen (secondary N) is 1. The van der Waals surface area contributed by atoms with Gasteiger partial charge < -0.3 is 19.7 Å². The van der Waals surface area contributed by atoms with Crippen molar-refractivity contribution in [3.63, 3.8) is 0 Å². The van der Waals surface area contributed by atoms with Crippen LogP contribution in [-0.4, -0.2) is 53.9 Å². The molecule has 31 heavy (non-hydrogen) atoms. The largest absolute Gasteiger partial charge is 0.493 e. The average molecular weight is 448 g/mol. The van der Waals surface area contributed by atoms with Gasteiger partial charge in [-0.15, -0.1) is 0 Å². The quantitative estimate of drug-likeness (QED) is 0.669. The van der Waals surface area contributed by atoms with Crippen molar-refractivity contribution in [3.8, 4) is 11.5 Å². The molecule has 0 aliphatic carbocycles. The van der Waals surface area contributed by atoms with Crippen LogP contribution in [0.25, 0.3) is 0 Å². The van der Waals surface area contributed by atoms with Crippen LogP contribution in [0, 0.1) is 0 Å². The highest BCUT2D eigenvalue weighted by Gasteiger charge is 2.30. The van der Waals surface area contributed by atoms with Crippen molar-refractivity contribution in [1.29, 1.82) is 0 Å². The molecule has 1 aliphatic heterocycles. The number of sulfonamides is 1. The second-order valence-electron chi connectivity index (χ2n) is 7.50. The van der Waals surface area contributed by atoms with Gasteiger partial charge in [-0.3, -0.25) is 9.10 Å². The first-order valence-electron chi connectivity index (χ1n) is 10.1. The summed E-state index contributed by atoms with van der Waals surface area (Å²) in [6, 6.07) is 11.3. The van der Waals surface area contributed by atoms with Gasteiger partial charge in [0.15, 0.2) is 11.5 Å². The number of rotatable bonds is 8. The van der Waals surface area contributed by atoms with E-state index in [-0.39, 0.29) is 0 Å². The van der Waals surface area contributed by atoms with E-state index >= 15 is 0 Å². The van der Waals surface area contributed by atoms with E-state index in [2.05, 4.69) is 10.2 Å². The third kappa shape index (κ3) is 5.22. The first-order valence-corrected chi connectivity index (χ1v) is 12.0. The molecule has 1 aliphatic rings. The van der Waals surface area contributed by atoms with Crippen molar-refractivity contribution < 1.29 is 22.7 Å². The maximum absolute atomic E-state index is 12.9. The summed E-state index contributed by atoms with van der Waals surface area (Å²) in [5.41, 5.74) is 2.04. The molecule has 0 saturated carbocycles. The molecule has 1 atom stereocenters. The van der Waals surface area contributed by atoms with Crippen molar-refractivity contribution in [1.82, 2.24) is 0 Å². The zero-order valence-electron chi connectivity index (χ0n) is 18.3. The van der Waals surface area contributed by atoms with Crippen molar-refractivity contribution >= 4 is 33.0 Å². The van der Waals surface area contributed by atoms with Crippen LogP contribution in [-0.2, 0) is 14.8 Å². The van der Waals surface area contributed by atoms with E-state index in [1.807, 2.05) is 24.3 Å². The lowest BCUT2D eigenvalue weighted by molar-refractivity contribution is -0.116. The lowest BCUT2D eigenvalue weighted by atomic mass is 10.2. The molecular weight excluding hydrogens is 418 g/mol. The third-order valence-electron chi connectivity index (χ3n) is 5.32. The summed E-state index contributed by atoms with van der Waals surface area (Å²) in [7, 11) is -0.784. The molecule has 1 heterocycles. The SMILES string of the molecule is COc1ccc(N([C@@H](C)C(=O)Nc2ccc(N3CCCC3)cc2)S(C)(=O)=O)cc1OC. The predicted octanol–water partition coefficient (Wildman–Crippen LogP) is 3.10. The Kier molecular flexibility index (Phi) is 6.94. The van der Waals surface area contributed by atoms with Crippen LogP contribution in [0.3, 0.4) is 0 Å². The summed E-state index contributed by atoms with van der Waals surface area (Å²) in [6.45, 7) is 3.63. The van der Waals surface area contributed by atoms with E-state index in [9.17, 15) is 13.2 Å². The van der Waals surface area contributed by atoms with Crippen molar-refractivity contribution in [2.75, 3.05) is 48.1 Å². The fourth-order valence-corrected chi connectivity index (χ4v) is 4.92. The molecule has 0 bridgehead atoms. The predicted molar refractivity (Wildman–Crippen MR) is 123 cm³/mol. The Hall–Kier alpha value is -2.94. The lowest BCUT2D eigenvalue weighted by Crippen LogP contribution is -2.45. The summed E-state index contributed by atoms with van der Waals surface area (Å²) in [4.78, 5) is 15.2. The minimum atomic E-state index is -3.75. The van der Waals surface area contributed by atoms with E-state index in [0.717, 1.165) is 29.3 Å². The lowest BCUT2D eigenvalue weighted by Gasteiger charge is -2.28. The van der Waals surface area contributed by atoms with Crippen LogP contribution in [0.4, 0.5) is 17.1 Å². The van der Waals surface area contributed by atoms with E-state index in [4.69, 9.17) is 9.47 Å². The second-order valence-corrected chi connectivity index (χ2v) is 9.36. The van der Waals surface area contributed by atoms with Crippen LogP contribution in [0.15, 0.2) is 42.5 Å². The Labute approximate surface area is 183 Å². The molecule has 0 radical (unpaired) electrons. The molecule has 2 aromatic carbocycles. The average Bonchev–Trinajstić information content (AvgIpc) is 3.28. The zero-order valence-corrected chi connectivity index (χ0v) is 19.1. The smallest absolute Gasteiger partial charge is 0.247 e. The normalized spacial score (nSPS) is 14.8. The van der Waals surface area contributed by atoms with Crippen LogP contribution in [0.5, 0.6) is 11.5 Å². The summed E-state index contributed by atoms with van der Waals surface area (Å²) < 4.78 is 36.7. The number of amides is 1. The molecule has 9 heteroatoms. The van der Waals surface area contributed by atoms with E-state index in [0.29, 0.717) is 22.9 Å².